The van der Waals surface area contributed by atoms with Gasteiger partial charge in [-0.15, -0.1) is 0 Å². The van der Waals surface area contributed by atoms with Gasteiger partial charge in [0.25, 0.3) is 5.56 Å². The van der Waals surface area contributed by atoms with Gasteiger partial charge < -0.3 is 5.32 Å². The lowest BCUT2D eigenvalue weighted by atomic mass is 10.0. The molecular weight excluding hydrogens is 333 g/mol. The first-order valence-corrected chi connectivity index (χ1v) is 8.25. The molecule has 3 aromatic rings. The lowest BCUT2D eigenvalue weighted by molar-refractivity contribution is -0.115. The highest BCUT2D eigenvalue weighted by atomic mass is 19.1. The Morgan fingerprint density at radius 1 is 1.15 bits per heavy atom. The highest BCUT2D eigenvalue weighted by Crippen LogP contribution is 2.24. The second kappa shape index (κ2) is 7.31. The van der Waals surface area contributed by atoms with E-state index in [2.05, 4.69) is 10.4 Å². The monoisotopic (exact) mass is 351 g/mol. The standard InChI is InChI=1S/C20H18FN3O2/c1-3-19(25)22-16-6-4-5-14(11-16)18-12-20(26)24(23-13(18)2)17-9-7-15(21)8-10-17/h4-12H,3H2,1-2H3,(H,22,25). The quantitative estimate of drug-likeness (QED) is 0.780. The lowest BCUT2D eigenvalue weighted by Crippen LogP contribution is -2.21. The molecule has 6 heteroatoms. The maximum absolute atomic E-state index is 13.1. The molecule has 5 nitrogen and oxygen atoms in total. The van der Waals surface area contributed by atoms with Crippen molar-refractivity contribution in [1.82, 2.24) is 9.78 Å². The molecule has 1 N–H and O–H groups in total. The smallest absolute Gasteiger partial charge is 0.272 e. The number of hydrogen-bond donors (Lipinski definition) is 1. The lowest BCUT2D eigenvalue weighted by Gasteiger charge is -2.11. The number of aryl methyl sites for hydroxylation is 1. The highest BCUT2D eigenvalue weighted by Gasteiger charge is 2.10. The summed E-state index contributed by atoms with van der Waals surface area (Å²) < 4.78 is 14.3. The molecule has 26 heavy (non-hydrogen) atoms. The molecule has 0 fully saturated rings. The van der Waals surface area contributed by atoms with Crippen molar-refractivity contribution in [2.75, 3.05) is 5.32 Å². The zero-order valence-electron chi connectivity index (χ0n) is 14.5. The zero-order valence-corrected chi connectivity index (χ0v) is 14.5. The van der Waals surface area contributed by atoms with E-state index >= 15 is 0 Å². The van der Waals surface area contributed by atoms with Crippen LogP contribution in [0.1, 0.15) is 19.0 Å². The SMILES string of the molecule is CCC(=O)Nc1cccc(-c2cc(=O)n(-c3ccc(F)cc3)nc2C)c1. The van der Waals surface area contributed by atoms with Crippen molar-refractivity contribution in [2.45, 2.75) is 20.3 Å². The molecule has 0 saturated heterocycles. The van der Waals surface area contributed by atoms with Gasteiger partial charge >= 0.3 is 0 Å². The average molecular weight is 351 g/mol. The summed E-state index contributed by atoms with van der Waals surface area (Å²) in [6.07, 6.45) is 0.387. The van der Waals surface area contributed by atoms with E-state index in [1.165, 1.54) is 35.0 Å². The van der Waals surface area contributed by atoms with Crippen LogP contribution in [0.5, 0.6) is 0 Å². The zero-order chi connectivity index (χ0) is 18.7. The van der Waals surface area contributed by atoms with Gasteiger partial charge in [0.1, 0.15) is 5.82 Å². The van der Waals surface area contributed by atoms with Crippen LogP contribution in [0.4, 0.5) is 10.1 Å². The van der Waals surface area contributed by atoms with Gasteiger partial charge in [-0.25, -0.2) is 4.39 Å². The van der Waals surface area contributed by atoms with Crippen LogP contribution in [0.25, 0.3) is 16.8 Å². The van der Waals surface area contributed by atoms with Crippen molar-refractivity contribution >= 4 is 11.6 Å². The van der Waals surface area contributed by atoms with Gasteiger partial charge in [0, 0.05) is 23.7 Å². The van der Waals surface area contributed by atoms with Gasteiger partial charge in [-0.05, 0) is 48.9 Å². The van der Waals surface area contributed by atoms with Crippen molar-refractivity contribution in [1.29, 1.82) is 0 Å². The second-order valence-corrected chi connectivity index (χ2v) is 5.85. The number of halogens is 1. The number of benzene rings is 2. The number of carbonyl (C=O) groups excluding carboxylic acids is 1. The normalized spacial score (nSPS) is 10.6. The number of hydrogen-bond acceptors (Lipinski definition) is 3. The molecule has 1 amide bonds. The first kappa shape index (κ1) is 17.5. The molecule has 0 aliphatic carbocycles. The van der Waals surface area contributed by atoms with E-state index in [0.717, 1.165) is 5.56 Å². The van der Waals surface area contributed by atoms with Gasteiger partial charge in [-0.3, -0.25) is 9.59 Å². The third-order valence-electron chi connectivity index (χ3n) is 3.97. The van der Waals surface area contributed by atoms with Crippen LogP contribution in [-0.2, 0) is 4.79 Å². The summed E-state index contributed by atoms with van der Waals surface area (Å²) in [6.45, 7) is 3.58. The Labute approximate surface area is 150 Å². The molecule has 0 bridgehead atoms. The van der Waals surface area contributed by atoms with Crippen LogP contribution in [0.3, 0.4) is 0 Å². The third kappa shape index (κ3) is 3.69. The fourth-order valence-electron chi connectivity index (χ4n) is 2.62. The number of aromatic nitrogens is 2. The minimum atomic E-state index is -0.374. The minimum absolute atomic E-state index is 0.0799. The molecule has 2 aromatic carbocycles. The van der Waals surface area contributed by atoms with E-state index < -0.39 is 0 Å². The molecule has 0 radical (unpaired) electrons. The van der Waals surface area contributed by atoms with E-state index in [4.69, 9.17) is 0 Å². The molecule has 0 aliphatic heterocycles. The Hall–Kier alpha value is -3.28. The fourth-order valence-corrected chi connectivity index (χ4v) is 2.62. The minimum Gasteiger partial charge on any atom is -0.326 e. The van der Waals surface area contributed by atoms with Gasteiger partial charge in [0.05, 0.1) is 11.4 Å². The highest BCUT2D eigenvalue weighted by molar-refractivity contribution is 5.91. The summed E-state index contributed by atoms with van der Waals surface area (Å²) in [5, 5.41) is 7.15. The van der Waals surface area contributed by atoms with Crippen LogP contribution < -0.4 is 10.9 Å². The molecule has 132 valence electrons. The summed E-state index contributed by atoms with van der Waals surface area (Å²) in [5.74, 6) is -0.454. The molecule has 0 aliphatic rings. The molecular formula is C20H18FN3O2. The van der Waals surface area contributed by atoms with E-state index in [0.29, 0.717) is 29.1 Å². The van der Waals surface area contributed by atoms with E-state index in [1.54, 1.807) is 26.0 Å². The maximum atomic E-state index is 13.1. The summed E-state index contributed by atoms with van der Waals surface area (Å²) >= 11 is 0. The Bertz CT molecular complexity index is 1010. The Morgan fingerprint density at radius 2 is 1.88 bits per heavy atom. The number of anilines is 1. The number of carbonyl (C=O) groups is 1. The number of amides is 1. The molecule has 1 aromatic heterocycles. The fraction of sp³-hybridized carbons (Fsp3) is 0.150. The molecule has 0 spiro atoms. The van der Waals surface area contributed by atoms with Crippen molar-refractivity contribution in [3.63, 3.8) is 0 Å². The van der Waals surface area contributed by atoms with Crippen LogP contribution in [0, 0.1) is 12.7 Å². The van der Waals surface area contributed by atoms with E-state index in [9.17, 15) is 14.0 Å². The number of nitrogens with one attached hydrogen (secondary N) is 1. The van der Waals surface area contributed by atoms with Crippen molar-refractivity contribution in [3.05, 3.63) is 76.5 Å². The molecule has 3 rings (SSSR count). The summed E-state index contributed by atoms with van der Waals surface area (Å²) in [5.41, 5.74) is 2.95. The van der Waals surface area contributed by atoms with Crippen LogP contribution >= 0.6 is 0 Å². The van der Waals surface area contributed by atoms with Crippen molar-refractivity contribution in [3.8, 4) is 16.8 Å². The molecule has 0 atom stereocenters. The molecule has 0 saturated carbocycles. The third-order valence-corrected chi connectivity index (χ3v) is 3.97. The van der Waals surface area contributed by atoms with Crippen LogP contribution in [-0.4, -0.2) is 15.7 Å². The summed E-state index contributed by atoms with van der Waals surface area (Å²) in [6, 6.07) is 14.3. The van der Waals surface area contributed by atoms with Crippen LogP contribution in [0.15, 0.2) is 59.4 Å². The summed E-state index contributed by atoms with van der Waals surface area (Å²) in [4.78, 5) is 24.1. The van der Waals surface area contributed by atoms with Crippen molar-refractivity contribution < 1.29 is 9.18 Å². The summed E-state index contributed by atoms with van der Waals surface area (Å²) in [7, 11) is 0. The van der Waals surface area contributed by atoms with Gasteiger partial charge in [0.15, 0.2) is 0 Å². The van der Waals surface area contributed by atoms with E-state index in [-0.39, 0.29) is 17.3 Å². The average Bonchev–Trinajstić information content (AvgIpc) is 2.64. The molecule has 1 heterocycles. The maximum Gasteiger partial charge on any atom is 0.272 e. The first-order valence-electron chi connectivity index (χ1n) is 8.25. The first-order chi connectivity index (χ1) is 12.5. The van der Waals surface area contributed by atoms with Gasteiger partial charge in [-0.2, -0.15) is 9.78 Å². The number of nitrogens with zero attached hydrogens (tertiary/aromatic N) is 2. The predicted octanol–water partition coefficient (Wildman–Crippen LogP) is 3.70. The second-order valence-electron chi connectivity index (χ2n) is 5.85. The van der Waals surface area contributed by atoms with Gasteiger partial charge in [0.2, 0.25) is 5.91 Å². The van der Waals surface area contributed by atoms with Crippen LogP contribution in [0.2, 0.25) is 0 Å². The largest absolute Gasteiger partial charge is 0.326 e. The molecule has 0 unspecified atom stereocenters. The topological polar surface area (TPSA) is 64.0 Å². The Morgan fingerprint density at radius 3 is 2.58 bits per heavy atom. The van der Waals surface area contributed by atoms with Crippen molar-refractivity contribution in [2.24, 2.45) is 0 Å². The Kier molecular flexibility index (Phi) is 4.93. The van der Waals surface area contributed by atoms with Gasteiger partial charge in [-0.1, -0.05) is 19.1 Å². The Balaban J connectivity index is 2.01. The predicted molar refractivity (Wildman–Crippen MR) is 98.9 cm³/mol. The number of rotatable bonds is 4. The van der Waals surface area contributed by atoms with E-state index in [1.807, 2.05) is 12.1 Å².